The van der Waals surface area contributed by atoms with Crippen LogP contribution in [0.2, 0.25) is 0 Å². The van der Waals surface area contributed by atoms with Crippen molar-refractivity contribution in [1.29, 1.82) is 0 Å². The molecular weight excluding hydrogens is 464 g/mol. The minimum absolute atomic E-state index is 0.0352. The number of hydrogen-bond acceptors (Lipinski definition) is 6. The molecule has 2 aliphatic rings. The summed E-state index contributed by atoms with van der Waals surface area (Å²) in [5.41, 5.74) is 11.3. The lowest BCUT2D eigenvalue weighted by molar-refractivity contribution is 0.0441. The van der Waals surface area contributed by atoms with Gasteiger partial charge in [0.2, 0.25) is 0 Å². The van der Waals surface area contributed by atoms with E-state index in [4.69, 9.17) is 10.3 Å². The lowest BCUT2D eigenvalue weighted by Gasteiger charge is -2.34. The summed E-state index contributed by atoms with van der Waals surface area (Å²) >= 11 is 1.67. The normalized spacial score (nSPS) is 17.5. The van der Waals surface area contributed by atoms with Crippen LogP contribution in [0.5, 0.6) is 0 Å². The number of benzene rings is 1. The summed E-state index contributed by atoms with van der Waals surface area (Å²) in [4.78, 5) is 31.3. The zero-order chi connectivity index (χ0) is 24.7. The molecule has 0 radical (unpaired) electrons. The van der Waals surface area contributed by atoms with Gasteiger partial charge in [-0.25, -0.2) is 4.79 Å². The molecule has 35 heavy (non-hydrogen) atoms. The molecule has 1 unspecified atom stereocenters. The number of aryl methyl sites for hydroxylation is 2. The van der Waals surface area contributed by atoms with Crippen LogP contribution < -0.4 is 0 Å². The third-order valence-corrected chi connectivity index (χ3v) is 7.83. The van der Waals surface area contributed by atoms with Gasteiger partial charge in [0.05, 0.1) is 12.2 Å². The molecule has 1 fully saturated rings. The first-order chi connectivity index (χ1) is 16.8. The molecule has 2 heterocycles. The minimum atomic E-state index is -0.935. The maximum absolute atomic E-state index is 13.8. The molecule has 10 heteroatoms. The molecule has 1 atom stereocenters. The Morgan fingerprint density at radius 1 is 1.29 bits per heavy atom. The number of nitrogens with zero attached hydrogens (tertiary/aromatic N) is 6. The average molecular weight is 493 g/mol. The molecule has 0 aliphatic heterocycles. The van der Waals surface area contributed by atoms with Gasteiger partial charge in [-0.2, -0.15) is 9.78 Å². The van der Waals surface area contributed by atoms with Gasteiger partial charge in [0.25, 0.3) is 5.91 Å². The highest BCUT2D eigenvalue weighted by Crippen LogP contribution is 2.36. The number of aromatic nitrogens is 2. The van der Waals surface area contributed by atoms with E-state index in [-0.39, 0.29) is 24.5 Å². The van der Waals surface area contributed by atoms with E-state index in [1.807, 2.05) is 19.1 Å². The van der Waals surface area contributed by atoms with Gasteiger partial charge in [0, 0.05) is 33.5 Å². The van der Waals surface area contributed by atoms with Crippen LogP contribution in [0.25, 0.3) is 20.5 Å². The van der Waals surface area contributed by atoms with Gasteiger partial charge in [-0.05, 0) is 92.4 Å². The third-order valence-electron chi connectivity index (χ3n) is 6.78. The van der Waals surface area contributed by atoms with Crippen molar-refractivity contribution in [1.82, 2.24) is 14.7 Å². The molecule has 2 aliphatic carbocycles. The average Bonchev–Trinajstić information content (AvgIpc) is 3.36. The minimum Gasteiger partial charge on any atom is -0.442 e. The van der Waals surface area contributed by atoms with Crippen LogP contribution in [0.3, 0.4) is 0 Å². The lowest BCUT2D eigenvalue weighted by Crippen LogP contribution is -2.45. The predicted molar refractivity (Wildman–Crippen MR) is 134 cm³/mol. The van der Waals surface area contributed by atoms with Gasteiger partial charge in [0.15, 0.2) is 0 Å². The number of rotatable bonds is 6. The van der Waals surface area contributed by atoms with E-state index in [2.05, 4.69) is 31.5 Å². The van der Waals surface area contributed by atoms with Gasteiger partial charge in [-0.1, -0.05) is 11.2 Å². The summed E-state index contributed by atoms with van der Waals surface area (Å²) in [6.45, 7) is 5.45. The SMILES string of the molecule is Cc1c(C(=O)N(C2CC2)C2CCc3nn(C(=O)OC(C)(C)CN=[N+]=[N-])cc3C2)ccc2ccsc12. The highest BCUT2D eigenvalue weighted by molar-refractivity contribution is 7.17. The molecule has 1 saturated carbocycles. The van der Waals surface area contributed by atoms with Gasteiger partial charge in [-0.15, -0.1) is 11.3 Å². The molecule has 0 spiro atoms. The Labute approximate surface area is 207 Å². The number of fused-ring (bicyclic) bond motifs is 2. The lowest BCUT2D eigenvalue weighted by atomic mass is 9.91. The van der Waals surface area contributed by atoms with Crippen LogP contribution in [0.1, 0.15) is 60.3 Å². The summed E-state index contributed by atoms with van der Waals surface area (Å²) in [5, 5.41) is 11.2. The Bertz CT molecular complexity index is 1350. The fourth-order valence-corrected chi connectivity index (χ4v) is 5.77. The van der Waals surface area contributed by atoms with Crippen molar-refractivity contribution in [2.24, 2.45) is 5.11 Å². The van der Waals surface area contributed by atoms with Gasteiger partial charge in [0.1, 0.15) is 5.60 Å². The largest absolute Gasteiger partial charge is 0.442 e. The molecule has 3 aromatic rings. The van der Waals surface area contributed by atoms with Crippen molar-refractivity contribution in [3.8, 4) is 0 Å². The molecule has 1 aromatic carbocycles. The summed E-state index contributed by atoms with van der Waals surface area (Å²) in [5.74, 6) is 0.0975. The van der Waals surface area contributed by atoms with Crippen LogP contribution in [0.4, 0.5) is 4.79 Å². The molecule has 0 saturated heterocycles. The van der Waals surface area contributed by atoms with Crippen LogP contribution in [0, 0.1) is 6.92 Å². The molecule has 182 valence electrons. The Kier molecular flexibility index (Phi) is 6.02. The molecule has 5 rings (SSSR count). The summed E-state index contributed by atoms with van der Waals surface area (Å²) in [6, 6.07) is 6.42. The van der Waals surface area contributed by atoms with Crippen LogP contribution in [-0.4, -0.2) is 50.9 Å². The molecule has 0 bridgehead atoms. The Hall–Kier alpha value is -3.36. The van der Waals surface area contributed by atoms with Crippen molar-refractivity contribution in [3.05, 3.63) is 62.6 Å². The third kappa shape index (κ3) is 4.63. The highest BCUT2D eigenvalue weighted by atomic mass is 32.1. The number of amides is 1. The zero-order valence-electron chi connectivity index (χ0n) is 20.1. The fourth-order valence-electron chi connectivity index (χ4n) is 4.86. The monoisotopic (exact) mass is 492 g/mol. The number of carbonyl (C=O) groups excluding carboxylic acids is 2. The first kappa shape index (κ1) is 23.4. The van der Waals surface area contributed by atoms with E-state index in [9.17, 15) is 9.59 Å². The van der Waals surface area contributed by atoms with Crippen molar-refractivity contribution < 1.29 is 14.3 Å². The number of thiophene rings is 1. The highest BCUT2D eigenvalue weighted by Gasteiger charge is 2.40. The first-order valence-corrected chi connectivity index (χ1v) is 12.8. The maximum atomic E-state index is 13.8. The van der Waals surface area contributed by atoms with Crippen molar-refractivity contribution in [2.45, 2.75) is 70.6 Å². The van der Waals surface area contributed by atoms with E-state index >= 15 is 0 Å². The second kappa shape index (κ2) is 9.02. The molecule has 2 aromatic heterocycles. The van der Waals surface area contributed by atoms with E-state index in [1.165, 1.54) is 14.8 Å². The predicted octanol–water partition coefficient (Wildman–Crippen LogP) is 5.64. The molecular formula is C25H28N6O3S. The van der Waals surface area contributed by atoms with E-state index in [0.29, 0.717) is 12.8 Å². The maximum Gasteiger partial charge on any atom is 0.435 e. The van der Waals surface area contributed by atoms with Gasteiger partial charge in [-0.3, -0.25) is 4.79 Å². The van der Waals surface area contributed by atoms with Gasteiger partial charge >= 0.3 is 6.09 Å². The smallest absolute Gasteiger partial charge is 0.435 e. The topological polar surface area (TPSA) is 113 Å². The summed E-state index contributed by atoms with van der Waals surface area (Å²) < 4.78 is 7.89. The number of hydrogen-bond donors (Lipinski definition) is 0. The van der Waals surface area contributed by atoms with Crippen molar-refractivity contribution in [2.75, 3.05) is 6.54 Å². The molecule has 0 N–H and O–H groups in total. The quantitative estimate of drug-likeness (QED) is 0.252. The second-order valence-corrected chi connectivity index (χ2v) is 10.9. The van der Waals surface area contributed by atoms with E-state index in [1.54, 1.807) is 31.4 Å². The summed E-state index contributed by atoms with van der Waals surface area (Å²) in [7, 11) is 0. The first-order valence-electron chi connectivity index (χ1n) is 11.9. The van der Waals surface area contributed by atoms with Crippen LogP contribution in [-0.2, 0) is 17.6 Å². The molecule has 1 amide bonds. The van der Waals surface area contributed by atoms with E-state index in [0.717, 1.165) is 41.6 Å². The van der Waals surface area contributed by atoms with Gasteiger partial charge < -0.3 is 9.64 Å². The Morgan fingerprint density at radius 2 is 2.09 bits per heavy atom. The van der Waals surface area contributed by atoms with E-state index < -0.39 is 11.7 Å². The van der Waals surface area contributed by atoms with Crippen molar-refractivity contribution >= 4 is 33.4 Å². The number of ether oxygens (including phenoxy) is 1. The summed E-state index contributed by atoms with van der Waals surface area (Å²) in [6.07, 6.45) is 5.33. The zero-order valence-corrected chi connectivity index (χ0v) is 20.9. The van der Waals surface area contributed by atoms with Crippen molar-refractivity contribution in [3.63, 3.8) is 0 Å². The Morgan fingerprint density at radius 3 is 2.83 bits per heavy atom. The van der Waals surface area contributed by atoms with Crippen LogP contribution >= 0.6 is 11.3 Å². The Balaban J connectivity index is 1.35. The second-order valence-electron chi connectivity index (χ2n) is 9.98. The van der Waals surface area contributed by atoms with Crippen LogP contribution in [0.15, 0.2) is 34.9 Å². The number of azide groups is 1. The fraction of sp³-hybridized carbons (Fsp3) is 0.480. The standard InChI is InChI=1S/C25H28N6O3S/c1-15-20(8-4-16-10-11-35-22(15)16)23(32)31(18-5-6-18)19-7-9-21-17(12-19)13-30(28-21)24(33)34-25(2,3)14-27-29-26/h4,8,10-11,13,18-19H,5-7,9,12,14H2,1-3H3. The molecule has 9 nitrogen and oxygen atoms in total. The number of carbonyl (C=O) groups is 2.